The first-order valence-electron chi connectivity index (χ1n) is 5.99. The van der Waals surface area contributed by atoms with Gasteiger partial charge in [0.05, 0.1) is 6.10 Å². The average Bonchev–Trinajstić information content (AvgIpc) is 2.25. The molecule has 1 saturated carbocycles. The monoisotopic (exact) mass is 247 g/mol. The summed E-state index contributed by atoms with van der Waals surface area (Å²) in [4.78, 5) is 11.5. The van der Waals surface area contributed by atoms with Gasteiger partial charge in [-0.05, 0) is 19.8 Å². The highest BCUT2D eigenvalue weighted by molar-refractivity contribution is 6.17. The maximum atomic E-state index is 11.5. The van der Waals surface area contributed by atoms with Crippen molar-refractivity contribution in [1.82, 2.24) is 5.32 Å². The lowest BCUT2D eigenvalue weighted by molar-refractivity contribution is -0.136. The van der Waals surface area contributed by atoms with Crippen LogP contribution in [0.1, 0.15) is 40.0 Å². The summed E-state index contributed by atoms with van der Waals surface area (Å²) in [5.74, 6) is 0.650. The first-order valence-corrected chi connectivity index (χ1v) is 6.52. The minimum atomic E-state index is 0.0482. The maximum absolute atomic E-state index is 11.5. The average molecular weight is 248 g/mol. The molecule has 94 valence electrons. The fourth-order valence-corrected chi connectivity index (χ4v) is 2.24. The zero-order chi connectivity index (χ0) is 12.2. The molecule has 3 nitrogen and oxygen atoms in total. The van der Waals surface area contributed by atoms with Gasteiger partial charge in [0.2, 0.25) is 5.91 Å². The van der Waals surface area contributed by atoms with E-state index >= 15 is 0 Å². The van der Waals surface area contributed by atoms with Crippen LogP contribution in [0, 0.1) is 5.41 Å². The molecule has 4 heteroatoms. The van der Waals surface area contributed by atoms with E-state index in [2.05, 4.69) is 19.2 Å². The predicted octanol–water partition coefficient (Wildman–Crippen LogP) is 2.33. The second kappa shape index (κ2) is 5.87. The second-order valence-electron chi connectivity index (χ2n) is 4.91. The van der Waals surface area contributed by atoms with Gasteiger partial charge in [0.15, 0.2) is 0 Å². The summed E-state index contributed by atoms with van der Waals surface area (Å²) >= 11 is 5.55. The number of carbonyl (C=O) groups excluding carboxylic acids is 1. The number of rotatable bonds is 6. The van der Waals surface area contributed by atoms with Crippen molar-refractivity contribution in [2.75, 3.05) is 12.5 Å². The number of hydrogen-bond donors (Lipinski definition) is 1. The number of nitrogens with one attached hydrogen (secondary N) is 1. The zero-order valence-electron chi connectivity index (χ0n) is 10.4. The van der Waals surface area contributed by atoms with Crippen molar-refractivity contribution in [2.45, 2.75) is 52.2 Å². The number of hydrogen-bond acceptors (Lipinski definition) is 2. The van der Waals surface area contributed by atoms with Crippen LogP contribution < -0.4 is 5.32 Å². The Bertz CT molecular complexity index is 243. The van der Waals surface area contributed by atoms with Crippen molar-refractivity contribution in [1.29, 1.82) is 0 Å². The van der Waals surface area contributed by atoms with Gasteiger partial charge in [-0.15, -0.1) is 11.6 Å². The standard InChI is InChI=1S/C12H22ClNO2/c1-4-16-10-8-9(12(10,2)3)14-11(15)6-5-7-13/h9-10H,4-8H2,1-3H3,(H,14,15). The molecule has 0 bridgehead atoms. The third-order valence-electron chi connectivity index (χ3n) is 3.42. The number of alkyl halides is 1. The minimum Gasteiger partial charge on any atom is -0.378 e. The minimum absolute atomic E-state index is 0.0482. The fourth-order valence-electron chi connectivity index (χ4n) is 2.11. The van der Waals surface area contributed by atoms with E-state index in [1.54, 1.807) is 0 Å². The maximum Gasteiger partial charge on any atom is 0.220 e. The molecule has 1 fully saturated rings. The Morgan fingerprint density at radius 1 is 1.56 bits per heavy atom. The Hall–Kier alpha value is -0.280. The van der Waals surface area contributed by atoms with Crippen LogP contribution >= 0.6 is 11.6 Å². The molecule has 0 radical (unpaired) electrons. The Morgan fingerprint density at radius 2 is 2.25 bits per heavy atom. The molecule has 1 rings (SSSR count). The first-order chi connectivity index (χ1) is 7.52. The Balaban J connectivity index is 2.32. The van der Waals surface area contributed by atoms with Gasteiger partial charge >= 0.3 is 0 Å². The lowest BCUT2D eigenvalue weighted by atomic mass is 9.64. The van der Waals surface area contributed by atoms with Crippen molar-refractivity contribution >= 4 is 17.5 Å². The normalized spacial score (nSPS) is 27.2. The molecule has 0 aromatic heterocycles. The highest BCUT2D eigenvalue weighted by atomic mass is 35.5. The Kier molecular flexibility index (Phi) is 5.06. The molecule has 0 aliphatic heterocycles. The van der Waals surface area contributed by atoms with E-state index in [0.717, 1.165) is 19.4 Å². The highest BCUT2D eigenvalue weighted by Crippen LogP contribution is 2.42. The van der Waals surface area contributed by atoms with Crippen LogP contribution in [0.5, 0.6) is 0 Å². The van der Waals surface area contributed by atoms with Crippen LogP contribution in [-0.2, 0) is 9.53 Å². The molecular weight excluding hydrogens is 226 g/mol. The van der Waals surface area contributed by atoms with Crippen LogP contribution in [0.3, 0.4) is 0 Å². The van der Waals surface area contributed by atoms with E-state index in [-0.39, 0.29) is 23.5 Å². The second-order valence-corrected chi connectivity index (χ2v) is 5.29. The van der Waals surface area contributed by atoms with Crippen molar-refractivity contribution < 1.29 is 9.53 Å². The summed E-state index contributed by atoms with van der Waals surface area (Å²) in [6.07, 6.45) is 2.47. The molecule has 0 spiro atoms. The molecule has 2 unspecified atom stereocenters. The van der Waals surface area contributed by atoms with Gasteiger partial charge in [0.1, 0.15) is 0 Å². The molecular formula is C12H22ClNO2. The number of amides is 1. The van der Waals surface area contributed by atoms with Gasteiger partial charge in [0.25, 0.3) is 0 Å². The van der Waals surface area contributed by atoms with Crippen LogP contribution in [0.2, 0.25) is 0 Å². The van der Waals surface area contributed by atoms with Crippen LogP contribution in [0.15, 0.2) is 0 Å². The van der Waals surface area contributed by atoms with E-state index in [1.165, 1.54) is 0 Å². The fraction of sp³-hybridized carbons (Fsp3) is 0.917. The number of ether oxygens (including phenoxy) is 1. The van der Waals surface area contributed by atoms with Gasteiger partial charge in [-0.25, -0.2) is 0 Å². The van der Waals surface area contributed by atoms with Gasteiger partial charge in [-0.3, -0.25) is 4.79 Å². The molecule has 1 aliphatic carbocycles. The smallest absolute Gasteiger partial charge is 0.220 e. The Morgan fingerprint density at radius 3 is 2.75 bits per heavy atom. The summed E-state index contributed by atoms with van der Waals surface area (Å²) in [7, 11) is 0. The molecule has 2 atom stereocenters. The highest BCUT2D eigenvalue weighted by Gasteiger charge is 2.49. The first kappa shape index (κ1) is 13.8. The van der Waals surface area contributed by atoms with Gasteiger partial charge in [-0.1, -0.05) is 13.8 Å². The summed E-state index contributed by atoms with van der Waals surface area (Å²) in [5.41, 5.74) is 0.0482. The quantitative estimate of drug-likeness (QED) is 0.732. The molecule has 16 heavy (non-hydrogen) atoms. The SMILES string of the molecule is CCOC1CC(NC(=O)CCCCl)C1(C)C. The summed E-state index contributed by atoms with van der Waals surface area (Å²) in [6.45, 7) is 7.02. The summed E-state index contributed by atoms with van der Waals surface area (Å²) in [6, 6.07) is 0.242. The van der Waals surface area contributed by atoms with E-state index in [9.17, 15) is 4.79 Å². The summed E-state index contributed by atoms with van der Waals surface area (Å²) < 4.78 is 5.61. The van der Waals surface area contributed by atoms with E-state index < -0.39 is 0 Å². The van der Waals surface area contributed by atoms with Crippen LogP contribution in [-0.4, -0.2) is 30.5 Å². The van der Waals surface area contributed by atoms with Gasteiger partial charge in [0, 0.05) is 30.4 Å². The van der Waals surface area contributed by atoms with E-state index in [4.69, 9.17) is 16.3 Å². The largest absolute Gasteiger partial charge is 0.378 e. The van der Waals surface area contributed by atoms with Crippen molar-refractivity contribution in [3.05, 3.63) is 0 Å². The predicted molar refractivity (Wildman–Crippen MR) is 65.7 cm³/mol. The topological polar surface area (TPSA) is 38.3 Å². The lowest BCUT2D eigenvalue weighted by Gasteiger charge is -2.51. The molecule has 0 aromatic carbocycles. The summed E-state index contributed by atoms with van der Waals surface area (Å²) in [5, 5.41) is 3.05. The van der Waals surface area contributed by atoms with E-state index in [1.807, 2.05) is 6.92 Å². The lowest BCUT2D eigenvalue weighted by Crippen LogP contribution is -2.62. The molecule has 1 aliphatic rings. The van der Waals surface area contributed by atoms with Crippen LogP contribution in [0.4, 0.5) is 0 Å². The van der Waals surface area contributed by atoms with Gasteiger partial charge < -0.3 is 10.1 Å². The number of halogens is 1. The third kappa shape index (κ3) is 3.11. The Labute approximate surface area is 103 Å². The van der Waals surface area contributed by atoms with Crippen LogP contribution in [0.25, 0.3) is 0 Å². The molecule has 1 N–H and O–H groups in total. The van der Waals surface area contributed by atoms with E-state index in [0.29, 0.717) is 12.3 Å². The van der Waals surface area contributed by atoms with Crippen molar-refractivity contribution in [3.8, 4) is 0 Å². The molecule has 1 amide bonds. The third-order valence-corrected chi connectivity index (χ3v) is 3.69. The zero-order valence-corrected chi connectivity index (χ0v) is 11.1. The van der Waals surface area contributed by atoms with Gasteiger partial charge in [-0.2, -0.15) is 0 Å². The van der Waals surface area contributed by atoms with Crippen molar-refractivity contribution in [3.63, 3.8) is 0 Å². The molecule has 0 aromatic rings. The molecule has 0 heterocycles. The molecule has 0 saturated heterocycles. The number of carbonyl (C=O) groups is 1. The van der Waals surface area contributed by atoms with Crippen molar-refractivity contribution in [2.24, 2.45) is 5.41 Å².